The molecule has 0 radical (unpaired) electrons. The molecule has 1 atom stereocenters. The molecule has 0 saturated carbocycles. The summed E-state index contributed by atoms with van der Waals surface area (Å²) in [6.07, 6.45) is 2.29. The molecule has 1 aliphatic heterocycles. The molecule has 0 aliphatic carbocycles. The van der Waals surface area contributed by atoms with Crippen LogP contribution >= 0.6 is 0 Å². The average molecular weight is 431 g/mol. The van der Waals surface area contributed by atoms with E-state index in [1.165, 1.54) is 6.20 Å². The number of rotatable bonds is 1. The third kappa shape index (κ3) is 3.19. The number of hydrogen-bond donors (Lipinski definition) is 1. The van der Waals surface area contributed by atoms with Crippen LogP contribution in [0.1, 0.15) is 46.6 Å². The molecule has 5 rings (SSSR count). The molecule has 0 amide bonds. The molecule has 0 fully saturated rings. The van der Waals surface area contributed by atoms with Crippen LogP contribution in [0, 0.1) is 37.3 Å². The van der Waals surface area contributed by atoms with Crippen molar-refractivity contribution in [2.75, 3.05) is 6.54 Å². The van der Waals surface area contributed by atoms with E-state index < -0.39 is 0 Å². The molecule has 7 heteroatoms. The quantitative estimate of drug-likeness (QED) is 0.458. The molecule has 1 N–H and O–H groups in total. The number of fused-ring (bicyclic) bond motifs is 2. The predicted octanol–water partition coefficient (Wildman–Crippen LogP) is 4.26. The van der Waals surface area contributed by atoms with Gasteiger partial charge in [-0.3, -0.25) is 4.68 Å². The fraction of sp³-hybridized carbons (Fsp3) is 0.280. The molecule has 0 spiro atoms. The maximum absolute atomic E-state index is 15.1. The van der Waals surface area contributed by atoms with Crippen molar-refractivity contribution in [2.24, 2.45) is 7.05 Å². The second-order valence-electron chi connectivity index (χ2n) is 8.32. The van der Waals surface area contributed by atoms with Gasteiger partial charge in [-0.1, -0.05) is 5.92 Å². The highest BCUT2D eigenvalue weighted by atomic mass is 19.1. The van der Waals surface area contributed by atoms with E-state index in [-0.39, 0.29) is 17.7 Å². The number of nitrogens with one attached hydrogen (secondary N) is 1. The highest BCUT2D eigenvalue weighted by Crippen LogP contribution is 2.29. The van der Waals surface area contributed by atoms with Gasteiger partial charge in [0, 0.05) is 31.6 Å². The summed E-state index contributed by atoms with van der Waals surface area (Å²) < 4.78 is 32.7. The fourth-order valence-electron chi connectivity index (χ4n) is 4.39. The largest absolute Gasteiger partial charge is 0.310 e. The smallest absolute Gasteiger partial charge is 0.149 e. The van der Waals surface area contributed by atoms with E-state index in [0.717, 1.165) is 29.9 Å². The van der Waals surface area contributed by atoms with Crippen molar-refractivity contribution in [1.29, 1.82) is 0 Å². The summed E-state index contributed by atoms with van der Waals surface area (Å²) in [4.78, 5) is 0. The second-order valence-corrected chi connectivity index (χ2v) is 8.32. The lowest BCUT2D eigenvalue weighted by atomic mass is 9.99. The minimum Gasteiger partial charge on any atom is -0.310 e. The number of nitrogens with zero attached hydrogens (tertiary/aromatic N) is 4. The fourth-order valence-corrected chi connectivity index (χ4v) is 4.39. The normalized spacial score (nSPS) is 15.5. The van der Waals surface area contributed by atoms with Gasteiger partial charge in [0.15, 0.2) is 0 Å². The van der Waals surface area contributed by atoms with Crippen LogP contribution in [0.25, 0.3) is 16.6 Å². The van der Waals surface area contributed by atoms with E-state index in [0.29, 0.717) is 33.3 Å². The van der Waals surface area contributed by atoms with E-state index in [1.807, 2.05) is 6.07 Å². The molecule has 2 aromatic heterocycles. The first-order valence-electron chi connectivity index (χ1n) is 10.6. The van der Waals surface area contributed by atoms with E-state index in [1.54, 1.807) is 48.5 Å². The lowest BCUT2D eigenvalue weighted by Gasteiger charge is -2.19. The van der Waals surface area contributed by atoms with E-state index >= 15 is 4.39 Å². The SMILES string of the molecule is Cc1cc(-n2nc3c(c2C#Cc2ccc4c(cnn4C)c2F)[C@H](C)NCC3)cc(C)c1F. The molecule has 0 bridgehead atoms. The highest BCUT2D eigenvalue weighted by Gasteiger charge is 2.26. The zero-order chi connectivity index (χ0) is 22.6. The Morgan fingerprint density at radius 3 is 2.59 bits per heavy atom. The first kappa shape index (κ1) is 20.4. The molecular weight excluding hydrogens is 408 g/mol. The van der Waals surface area contributed by atoms with Gasteiger partial charge in [0.1, 0.15) is 17.3 Å². The van der Waals surface area contributed by atoms with Crippen LogP contribution in [-0.4, -0.2) is 26.1 Å². The molecule has 32 heavy (non-hydrogen) atoms. The van der Waals surface area contributed by atoms with E-state index in [2.05, 4.69) is 29.2 Å². The highest BCUT2D eigenvalue weighted by molar-refractivity contribution is 5.81. The Kier molecular flexibility index (Phi) is 4.83. The third-order valence-corrected chi connectivity index (χ3v) is 6.09. The summed E-state index contributed by atoms with van der Waals surface area (Å²) >= 11 is 0. The zero-order valence-electron chi connectivity index (χ0n) is 18.4. The average Bonchev–Trinajstić information content (AvgIpc) is 3.33. The van der Waals surface area contributed by atoms with Gasteiger partial charge in [-0.25, -0.2) is 13.5 Å². The maximum Gasteiger partial charge on any atom is 0.149 e. The number of hydrogen-bond acceptors (Lipinski definition) is 3. The first-order valence-corrected chi connectivity index (χ1v) is 10.6. The number of halogens is 2. The van der Waals surface area contributed by atoms with Gasteiger partial charge in [0.05, 0.1) is 34.0 Å². The van der Waals surface area contributed by atoms with Crippen molar-refractivity contribution in [3.05, 3.63) is 75.7 Å². The zero-order valence-corrected chi connectivity index (χ0v) is 18.4. The van der Waals surface area contributed by atoms with Crippen LogP contribution in [-0.2, 0) is 13.5 Å². The second kappa shape index (κ2) is 7.57. The summed E-state index contributed by atoms with van der Waals surface area (Å²) in [5.74, 6) is 5.59. The van der Waals surface area contributed by atoms with Crippen molar-refractivity contribution in [2.45, 2.75) is 33.2 Å². The molecule has 0 saturated heterocycles. The molecule has 2 aromatic carbocycles. The van der Waals surface area contributed by atoms with Crippen molar-refractivity contribution in [3.8, 4) is 17.5 Å². The van der Waals surface area contributed by atoms with Gasteiger partial charge in [-0.15, -0.1) is 0 Å². The molecule has 0 unspecified atom stereocenters. The minimum absolute atomic E-state index is 0.0603. The Bertz CT molecular complexity index is 1410. The summed E-state index contributed by atoms with van der Waals surface area (Å²) in [5, 5.41) is 12.8. The molecule has 5 nitrogen and oxygen atoms in total. The lowest BCUT2D eigenvalue weighted by Crippen LogP contribution is -2.27. The summed E-state index contributed by atoms with van der Waals surface area (Å²) in [5.41, 5.74) is 5.51. The molecule has 4 aromatic rings. The Hall–Kier alpha value is -3.50. The molecular formula is C25H23F2N5. The van der Waals surface area contributed by atoms with Gasteiger partial charge in [0.2, 0.25) is 0 Å². The molecule has 3 heterocycles. The minimum atomic E-state index is -0.386. The van der Waals surface area contributed by atoms with Crippen LogP contribution in [0.3, 0.4) is 0 Å². The van der Waals surface area contributed by atoms with Crippen molar-refractivity contribution >= 4 is 10.9 Å². The van der Waals surface area contributed by atoms with Gasteiger partial charge < -0.3 is 5.32 Å². The number of aryl methyl sites for hydroxylation is 3. The molecule has 162 valence electrons. The van der Waals surface area contributed by atoms with Crippen molar-refractivity contribution in [3.63, 3.8) is 0 Å². The topological polar surface area (TPSA) is 47.7 Å². The Morgan fingerprint density at radius 2 is 1.84 bits per heavy atom. The van der Waals surface area contributed by atoms with Crippen molar-refractivity contribution in [1.82, 2.24) is 24.9 Å². The standard InChI is InChI=1S/C25H23F2N5/c1-14-11-18(12-15(2)24(14)26)32-22(23-16(3)28-10-9-20(23)30-32)8-6-17-5-7-21-19(25(17)27)13-29-31(21)4/h5,7,11-13,16,28H,9-10H2,1-4H3/t16-/m0/s1. The molecule has 1 aliphatic rings. The number of benzene rings is 2. The lowest BCUT2D eigenvalue weighted by molar-refractivity contribution is 0.537. The third-order valence-electron chi connectivity index (χ3n) is 6.09. The monoisotopic (exact) mass is 431 g/mol. The Labute approximate surface area is 185 Å². The predicted molar refractivity (Wildman–Crippen MR) is 120 cm³/mol. The van der Waals surface area contributed by atoms with Crippen LogP contribution < -0.4 is 5.32 Å². The van der Waals surface area contributed by atoms with Crippen LogP contribution in [0.5, 0.6) is 0 Å². The number of aromatic nitrogens is 4. The summed E-state index contributed by atoms with van der Waals surface area (Å²) in [6, 6.07) is 7.09. The van der Waals surface area contributed by atoms with Gasteiger partial charge in [0.25, 0.3) is 0 Å². The Balaban J connectivity index is 1.70. The van der Waals surface area contributed by atoms with Crippen molar-refractivity contribution < 1.29 is 8.78 Å². The maximum atomic E-state index is 15.1. The van der Waals surface area contributed by atoms with Crippen LogP contribution in [0.4, 0.5) is 8.78 Å². The van der Waals surface area contributed by atoms with Gasteiger partial charge in [-0.2, -0.15) is 10.2 Å². The van der Waals surface area contributed by atoms with Crippen LogP contribution in [0.2, 0.25) is 0 Å². The van der Waals surface area contributed by atoms with Crippen LogP contribution in [0.15, 0.2) is 30.5 Å². The Morgan fingerprint density at radius 1 is 1.09 bits per heavy atom. The van der Waals surface area contributed by atoms with Gasteiger partial charge >= 0.3 is 0 Å². The van der Waals surface area contributed by atoms with Gasteiger partial charge in [-0.05, 0) is 62.1 Å². The van der Waals surface area contributed by atoms with E-state index in [4.69, 9.17) is 5.10 Å². The summed E-state index contributed by atoms with van der Waals surface area (Å²) in [6.45, 7) is 6.37. The summed E-state index contributed by atoms with van der Waals surface area (Å²) in [7, 11) is 1.78. The first-order chi connectivity index (χ1) is 15.3. The van der Waals surface area contributed by atoms with E-state index in [9.17, 15) is 4.39 Å².